The number of hydrogen-bond donors (Lipinski definition) is 2. The van der Waals surface area contributed by atoms with Crippen molar-refractivity contribution in [1.82, 2.24) is 9.88 Å². The Hall–Kier alpha value is -2.97. The molecule has 0 atom stereocenters. The second kappa shape index (κ2) is 7.51. The summed E-state index contributed by atoms with van der Waals surface area (Å²) in [7, 11) is 0. The quantitative estimate of drug-likeness (QED) is 0.549. The Bertz CT molecular complexity index is 964. The monoisotopic (exact) mass is 350 g/mol. The number of carbonyl (C=O) groups is 1. The second-order valence-electron chi connectivity index (χ2n) is 6.65. The zero-order chi connectivity index (χ0) is 18.6. The highest BCUT2D eigenvalue weighted by Crippen LogP contribution is 2.15. The summed E-state index contributed by atoms with van der Waals surface area (Å²) in [5, 5.41) is 13.7. The van der Waals surface area contributed by atoms with E-state index in [-0.39, 0.29) is 11.7 Å². The molecule has 2 heterocycles. The molecular formula is C21H22N2O3. The number of furan rings is 1. The second-order valence-corrected chi connectivity index (χ2v) is 6.65. The molecule has 0 bridgehead atoms. The minimum absolute atomic E-state index is 0.219. The molecule has 2 aromatic heterocycles. The number of rotatable bonds is 5. The molecule has 0 unspecified atom stereocenters. The van der Waals surface area contributed by atoms with Crippen LogP contribution in [0.15, 0.2) is 53.1 Å². The van der Waals surface area contributed by atoms with Crippen molar-refractivity contribution in [1.29, 1.82) is 0 Å². The maximum absolute atomic E-state index is 12.1. The molecule has 0 saturated heterocycles. The fraction of sp³-hybridized carbons (Fsp3) is 0.286. The number of aliphatic hydroxyl groups is 1. The van der Waals surface area contributed by atoms with Gasteiger partial charge in [0.1, 0.15) is 5.60 Å². The van der Waals surface area contributed by atoms with Gasteiger partial charge < -0.3 is 19.4 Å². The van der Waals surface area contributed by atoms with Crippen LogP contribution in [0.3, 0.4) is 0 Å². The van der Waals surface area contributed by atoms with Crippen molar-refractivity contribution >= 4 is 16.8 Å². The molecule has 3 rings (SSSR count). The van der Waals surface area contributed by atoms with E-state index in [0.717, 1.165) is 13.0 Å². The lowest BCUT2D eigenvalue weighted by Gasteiger charge is -2.06. The van der Waals surface area contributed by atoms with E-state index in [0.29, 0.717) is 12.3 Å². The van der Waals surface area contributed by atoms with Crippen molar-refractivity contribution in [2.45, 2.75) is 32.4 Å². The van der Waals surface area contributed by atoms with Crippen LogP contribution in [0.1, 0.15) is 36.6 Å². The van der Waals surface area contributed by atoms with Crippen LogP contribution in [0.25, 0.3) is 10.9 Å². The van der Waals surface area contributed by atoms with Crippen LogP contribution >= 0.6 is 0 Å². The zero-order valence-corrected chi connectivity index (χ0v) is 15.0. The van der Waals surface area contributed by atoms with Crippen molar-refractivity contribution < 1.29 is 14.3 Å². The van der Waals surface area contributed by atoms with E-state index in [1.165, 1.54) is 10.9 Å². The lowest BCUT2D eigenvalue weighted by atomic mass is 10.1. The van der Waals surface area contributed by atoms with Gasteiger partial charge in [-0.05, 0) is 55.8 Å². The number of para-hydroxylation sites is 1. The lowest BCUT2D eigenvalue weighted by molar-refractivity contribution is 0.0924. The number of aryl methyl sites for hydroxylation is 1. The molecule has 3 aromatic rings. The van der Waals surface area contributed by atoms with Gasteiger partial charge in [-0.25, -0.2) is 0 Å². The predicted molar refractivity (Wildman–Crippen MR) is 101 cm³/mol. The third-order valence-corrected chi connectivity index (χ3v) is 3.86. The summed E-state index contributed by atoms with van der Waals surface area (Å²) in [4.78, 5) is 12.1. The Morgan fingerprint density at radius 2 is 2.04 bits per heavy atom. The summed E-state index contributed by atoms with van der Waals surface area (Å²) in [5.41, 5.74) is 0.0950. The first-order chi connectivity index (χ1) is 12.4. The number of benzene rings is 1. The molecule has 0 aliphatic heterocycles. The summed E-state index contributed by atoms with van der Waals surface area (Å²) in [6.45, 7) is 4.56. The predicted octanol–water partition coefficient (Wildman–Crippen LogP) is 3.18. The van der Waals surface area contributed by atoms with Gasteiger partial charge in [-0.2, -0.15) is 0 Å². The summed E-state index contributed by atoms with van der Waals surface area (Å²) < 4.78 is 7.58. The molecule has 0 fully saturated rings. The smallest absolute Gasteiger partial charge is 0.287 e. The van der Waals surface area contributed by atoms with Crippen LogP contribution < -0.4 is 5.32 Å². The first-order valence-corrected chi connectivity index (χ1v) is 8.60. The maximum Gasteiger partial charge on any atom is 0.287 e. The van der Waals surface area contributed by atoms with Crippen LogP contribution in [0, 0.1) is 11.8 Å². The normalized spacial score (nSPS) is 11.2. The van der Waals surface area contributed by atoms with E-state index in [1.54, 1.807) is 26.0 Å². The van der Waals surface area contributed by atoms with E-state index in [4.69, 9.17) is 4.42 Å². The highest BCUT2D eigenvalue weighted by molar-refractivity contribution is 5.91. The Balaban J connectivity index is 1.50. The first kappa shape index (κ1) is 17.8. The number of fused-ring (bicyclic) bond motifs is 1. The number of nitrogens with one attached hydrogen (secondary N) is 1. The lowest BCUT2D eigenvalue weighted by Crippen LogP contribution is -2.24. The molecule has 0 aliphatic rings. The number of hydrogen-bond acceptors (Lipinski definition) is 3. The van der Waals surface area contributed by atoms with Gasteiger partial charge in [-0.1, -0.05) is 24.1 Å². The average molecular weight is 350 g/mol. The molecule has 5 heteroatoms. The molecule has 26 heavy (non-hydrogen) atoms. The number of nitrogens with zero attached hydrogens (tertiary/aromatic N) is 1. The SMILES string of the molecule is CC(C)(O)C#Cc1ccc(C(=O)NCCCn2ccc3ccccc32)o1. The van der Waals surface area contributed by atoms with Crippen LogP contribution in [-0.2, 0) is 6.54 Å². The molecule has 1 aromatic carbocycles. The molecule has 1 amide bonds. The third kappa shape index (κ3) is 4.56. The van der Waals surface area contributed by atoms with Crippen LogP contribution in [0.5, 0.6) is 0 Å². The molecule has 0 spiro atoms. The number of aromatic nitrogens is 1. The van der Waals surface area contributed by atoms with E-state index >= 15 is 0 Å². The minimum Gasteiger partial charge on any atom is -0.443 e. The van der Waals surface area contributed by atoms with Gasteiger partial charge in [0.2, 0.25) is 0 Å². The topological polar surface area (TPSA) is 67.4 Å². The van der Waals surface area contributed by atoms with Gasteiger partial charge in [0.05, 0.1) is 0 Å². The Morgan fingerprint density at radius 1 is 1.23 bits per heavy atom. The Morgan fingerprint density at radius 3 is 2.85 bits per heavy atom. The summed E-state index contributed by atoms with van der Waals surface area (Å²) in [6, 6.07) is 13.5. The molecule has 0 saturated carbocycles. The van der Waals surface area contributed by atoms with E-state index < -0.39 is 5.60 Å². The van der Waals surface area contributed by atoms with Crippen molar-refractivity contribution in [2.75, 3.05) is 6.54 Å². The average Bonchev–Trinajstić information content (AvgIpc) is 3.23. The van der Waals surface area contributed by atoms with E-state index in [2.05, 4.69) is 46.1 Å². The van der Waals surface area contributed by atoms with Gasteiger partial charge in [0, 0.05) is 24.8 Å². The molecule has 5 nitrogen and oxygen atoms in total. The van der Waals surface area contributed by atoms with Gasteiger partial charge in [0.15, 0.2) is 11.5 Å². The van der Waals surface area contributed by atoms with Gasteiger partial charge >= 0.3 is 0 Å². The Labute approximate surface area is 152 Å². The van der Waals surface area contributed by atoms with Crippen molar-refractivity contribution in [3.05, 3.63) is 60.2 Å². The van der Waals surface area contributed by atoms with Crippen LogP contribution in [-0.4, -0.2) is 27.7 Å². The van der Waals surface area contributed by atoms with Crippen molar-refractivity contribution in [3.63, 3.8) is 0 Å². The third-order valence-electron chi connectivity index (χ3n) is 3.86. The van der Waals surface area contributed by atoms with Crippen molar-refractivity contribution in [3.8, 4) is 11.8 Å². The first-order valence-electron chi connectivity index (χ1n) is 8.60. The fourth-order valence-corrected chi connectivity index (χ4v) is 2.62. The molecular weight excluding hydrogens is 328 g/mol. The van der Waals surface area contributed by atoms with Crippen molar-refractivity contribution in [2.24, 2.45) is 0 Å². The zero-order valence-electron chi connectivity index (χ0n) is 15.0. The number of carbonyl (C=O) groups excluding carboxylic acids is 1. The summed E-state index contributed by atoms with van der Waals surface area (Å²) in [5.74, 6) is 5.67. The highest BCUT2D eigenvalue weighted by atomic mass is 16.3. The molecule has 0 aliphatic carbocycles. The minimum atomic E-state index is -1.10. The number of amides is 1. The van der Waals surface area contributed by atoms with Gasteiger partial charge in [-0.15, -0.1) is 0 Å². The molecule has 2 N–H and O–H groups in total. The van der Waals surface area contributed by atoms with Gasteiger partial charge in [0.25, 0.3) is 5.91 Å². The highest BCUT2D eigenvalue weighted by Gasteiger charge is 2.11. The van der Waals surface area contributed by atoms with Crippen LogP contribution in [0.4, 0.5) is 0 Å². The molecule has 0 radical (unpaired) electrons. The van der Waals surface area contributed by atoms with E-state index in [9.17, 15) is 9.90 Å². The summed E-state index contributed by atoms with van der Waals surface area (Å²) in [6.07, 6.45) is 2.88. The maximum atomic E-state index is 12.1. The largest absolute Gasteiger partial charge is 0.443 e. The standard InChI is InChI=1S/C21H22N2O3/c1-21(2,25)12-10-17-8-9-19(26-17)20(24)22-13-5-14-23-15-11-16-6-3-4-7-18(16)23/h3-4,6-9,11,15,25H,5,13-14H2,1-2H3,(H,22,24). The summed E-state index contributed by atoms with van der Waals surface area (Å²) >= 11 is 0. The van der Waals surface area contributed by atoms with Crippen LogP contribution in [0.2, 0.25) is 0 Å². The fourth-order valence-electron chi connectivity index (χ4n) is 2.62. The van der Waals surface area contributed by atoms with E-state index in [1.807, 2.05) is 12.1 Å². The molecule has 134 valence electrons. The Kier molecular flexibility index (Phi) is 5.15. The van der Waals surface area contributed by atoms with Gasteiger partial charge in [-0.3, -0.25) is 4.79 Å².